The second-order valence-corrected chi connectivity index (χ2v) is 4.92. The van der Waals surface area contributed by atoms with Crippen LogP contribution in [0.25, 0.3) is 5.69 Å². The minimum Gasteiger partial charge on any atom is -0.258 e. The third kappa shape index (κ3) is 3.24. The normalized spacial score (nSPS) is 10.9. The molecule has 9 heteroatoms. The van der Waals surface area contributed by atoms with Gasteiger partial charge in [0.25, 0.3) is 11.6 Å². The van der Waals surface area contributed by atoms with Gasteiger partial charge in [0, 0.05) is 17.7 Å². The van der Waals surface area contributed by atoms with Crippen LogP contribution in [0.1, 0.15) is 11.1 Å². The molecule has 0 atom stereocenters. The van der Waals surface area contributed by atoms with Crippen molar-refractivity contribution in [3.8, 4) is 5.69 Å². The van der Waals surface area contributed by atoms with Crippen LogP contribution in [0, 0.1) is 17.0 Å². The molecule has 1 N–H and O–H groups in total. The van der Waals surface area contributed by atoms with Crippen LogP contribution < -0.4 is 5.43 Å². The highest BCUT2D eigenvalue weighted by Gasteiger charge is 2.08. The molecule has 0 aliphatic rings. The third-order valence-corrected chi connectivity index (χ3v) is 3.31. The summed E-state index contributed by atoms with van der Waals surface area (Å²) < 4.78 is 1.50. The molecule has 3 rings (SSSR count). The summed E-state index contributed by atoms with van der Waals surface area (Å²) in [7, 11) is 0. The number of hydrogen-bond acceptors (Lipinski definition) is 7. The van der Waals surface area contributed by atoms with Crippen molar-refractivity contribution in [2.75, 3.05) is 5.43 Å². The van der Waals surface area contributed by atoms with Crippen molar-refractivity contribution < 1.29 is 4.92 Å². The molecule has 0 unspecified atom stereocenters. The number of aryl methyl sites for hydroxylation is 1. The number of nitrogens with one attached hydrogen (secondary N) is 1. The van der Waals surface area contributed by atoms with E-state index in [0.29, 0.717) is 11.5 Å². The van der Waals surface area contributed by atoms with Gasteiger partial charge in [0.05, 0.1) is 16.8 Å². The minimum absolute atomic E-state index is 0.0103. The zero-order valence-corrected chi connectivity index (χ0v) is 12.7. The van der Waals surface area contributed by atoms with E-state index in [-0.39, 0.29) is 5.69 Å². The van der Waals surface area contributed by atoms with Crippen LogP contribution in [0.15, 0.2) is 53.6 Å². The molecule has 1 aromatic heterocycles. The number of hydrazone groups is 1. The molecule has 24 heavy (non-hydrogen) atoms. The van der Waals surface area contributed by atoms with Crippen LogP contribution in [0.4, 0.5) is 11.6 Å². The predicted molar refractivity (Wildman–Crippen MR) is 88.2 cm³/mol. The fraction of sp³-hybridized carbons (Fsp3) is 0.0667. The number of nitrogens with zero attached hydrogens (tertiary/aromatic N) is 6. The van der Waals surface area contributed by atoms with Crippen LogP contribution in [0.2, 0.25) is 0 Å². The molecule has 0 saturated heterocycles. The van der Waals surface area contributed by atoms with E-state index in [2.05, 4.69) is 26.1 Å². The zero-order chi connectivity index (χ0) is 16.9. The monoisotopic (exact) mass is 323 g/mol. The molecule has 0 saturated carbocycles. The Morgan fingerprint density at radius 3 is 2.79 bits per heavy atom. The van der Waals surface area contributed by atoms with Crippen molar-refractivity contribution in [1.82, 2.24) is 20.2 Å². The molecular formula is C15H13N7O2. The number of anilines is 1. The molecule has 0 aliphatic carbocycles. The Morgan fingerprint density at radius 2 is 2.04 bits per heavy atom. The maximum absolute atomic E-state index is 10.8. The standard InChI is InChI=1S/C15H13N7O2/c1-11-7-8-14(22(23)24)9-12(11)10-16-17-15-18-19-20-21(15)13-5-3-2-4-6-13/h2-10H,1H3,(H,17,18,20). The summed E-state index contributed by atoms with van der Waals surface area (Å²) in [4.78, 5) is 10.4. The van der Waals surface area contributed by atoms with E-state index in [1.54, 1.807) is 6.07 Å². The van der Waals surface area contributed by atoms with E-state index >= 15 is 0 Å². The van der Waals surface area contributed by atoms with Gasteiger partial charge < -0.3 is 0 Å². The van der Waals surface area contributed by atoms with Crippen molar-refractivity contribution >= 4 is 17.9 Å². The van der Waals surface area contributed by atoms with Gasteiger partial charge in [-0.1, -0.05) is 29.4 Å². The number of non-ortho nitro benzene ring substituents is 1. The first-order chi connectivity index (χ1) is 11.6. The molecule has 0 amide bonds. The maximum Gasteiger partial charge on any atom is 0.270 e. The summed E-state index contributed by atoms with van der Waals surface area (Å²) in [5, 5.41) is 26.3. The highest BCUT2D eigenvalue weighted by atomic mass is 16.6. The van der Waals surface area contributed by atoms with Gasteiger partial charge in [-0.15, -0.1) is 0 Å². The maximum atomic E-state index is 10.8. The number of rotatable bonds is 5. The number of para-hydroxylation sites is 1. The van der Waals surface area contributed by atoms with E-state index in [1.807, 2.05) is 37.3 Å². The first-order valence-electron chi connectivity index (χ1n) is 7.03. The third-order valence-electron chi connectivity index (χ3n) is 3.31. The highest BCUT2D eigenvalue weighted by Crippen LogP contribution is 2.16. The molecular weight excluding hydrogens is 310 g/mol. The van der Waals surface area contributed by atoms with E-state index < -0.39 is 4.92 Å². The largest absolute Gasteiger partial charge is 0.270 e. The van der Waals surface area contributed by atoms with Gasteiger partial charge in [-0.2, -0.15) is 9.78 Å². The second-order valence-electron chi connectivity index (χ2n) is 4.92. The van der Waals surface area contributed by atoms with Crippen molar-refractivity contribution in [2.24, 2.45) is 5.10 Å². The number of nitro groups is 1. The smallest absolute Gasteiger partial charge is 0.258 e. The number of nitro benzene ring substituents is 1. The number of benzene rings is 2. The Bertz CT molecular complexity index is 890. The molecule has 3 aromatic rings. The number of hydrogen-bond donors (Lipinski definition) is 1. The van der Waals surface area contributed by atoms with E-state index in [4.69, 9.17) is 0 Å². The average Bonchev–Trinajstić information content (AvgIpc) is 3.05. The Kier molecular flexibility index (Phi) is 4.23. The lowest BCUT2D eigenvalue weighted by Gasteiger charge is -2.03. The Labute approximate surface area is 136 Å². The van der Waals surface area contributed by atoms with Crippen molar-refractivity contribution in [3.63, 3.8) is 0 Å². The van der Waals surface area contributed by atoms with Gasteiger partial charge >= 0.3 is 0 Å². The molecule has 2 aromatic carbocycles. The first-order valence-corrected chi connectivity index (χ1v) is 7.03. The lowest BCUT2D eigenvalue weighted by atomic mass is 10.1. The molecule has 120 valence electrons. The molecule has 0 aliphatic heterocycles. The van der Waals surface area contributed by atoms with Gasteiger partial charge in [-0.25, -0.2) is 5.43 Å². The van der Waals surface area contributed by atoms with Gasteiger partial charge in [0.2, 0.25) is 0 Å². The summed E-state index contributed by atoms with van der Waals surface area (Å²) in [6, 6.07) is 13.9. The van der Waals surface area contributed by atoms with Gasteiger partial charge in [0.15, 0.2) is 0 Å². The first kappa shape index (κ1) is 15.3. The number of tetrazole rings is 1. The molecule has 0 fully saturated rings. The SMILES string of the molecule is Cc1ccc([N+](=O)[O-])cc1C=NNc1nnnn1-c1ccccc1. The summed E-state index contributed by atoms with van der Waals surface area (Å²) in [5.41, 5.74) is 5.04. The summed E-state index contributed by atoms with van der Waals surface area (Å²) in [5.74, 6) is 0.334. The summed E-state index contributed by atoms with van der Waals surface area (Å²) >= 11 is 0. The van der Waals surface area contributed by atoms with Gasteiger partial charge in [-0.05, 0) is 35.0 Å². The molecule has 9 nitrogen and oxygen atoms in total. The average molecular weight is 323 g/mol. The Balaban J connectivity index is 1.80. The number of aromatic nitrogens is 4. The van der Waals surface area contributed by atoms with Gasteiger partial charge in [0.1, 0.15) is 0 Å². The summed E-state index contributed by atoms with van der Waals surface area (Å²) in [6.45, 7) is 1.85. The second kappa shape index (κ2) is 6.65. The molecule has 0 radical (unpaired) electrons. The van der Waals surface area contributed by atoms with E-state index in [1.165, 1.54) is 23.0 Å². The van der Waals surface area contributed by atoms with Crippen molar-refractivity contribution in [2.45, 2.75) is 6.92 Å². The van der Waals surface area contributed by atoms with Crippen LogP contribution in [0.3, 0.4) is 0 Å². The van der Waals surface area contributed by atoms with Crippen molar-refractivity contribution in [3.05, 3.63) is 69.8 Å². The lowest BCUT2D eigenvalue weighted by Crippen LogP contribution is -2.03. The molecule has 0 spiro atoms. The van der Waals surface area contributed by atoms with E-state index in [0.717, 1.165) is 11.3 Å². The topological polar surface area (TPSA) is 111 Å². The van der Waals surface area contributed by atoms with Gasteiger partial charge in [-0.3, -0.25) is 10.1 Å². The van der Waals surface area contributed by atoms with Crippen LogP contribution in [0.5, 0.6) is 0 Å². The van der Waals surface area contributed by atoms with E-state index in [9.17, 15) is 10.1 Å². The van der Waals surface area contributed by atoms with Crippen LogP contribution >= 0.6 is 0 Å². The zero-order valence-electron chi connectivity index (χ0n) is 12.7. The Hall–Kier alpha value is -3.62. The highest BCUT2D eigenvalue weighted by molar-refractivity contribution is 5.83. The molecule has 0 bridgehead atoms. The fourth-order valence-electron chi connectivity index (χ4n) is 2.04. The Morgan fingerprint density at radius 1 is 1.25 bits per heavy atom. The minimum atomic E-state index is -0.444. The summed E-state index contributed by atoms with van der Waals surface area (Å²) in [6.07, 6.45) is 1.49. The van der Waals surface area contributed by atoms with Crippen LogP contribution in [-0.4, -0.2) is 31.3 Å². The van der Waals surface area contributed by atoms with Crippen LogP contribution in [-0.2, 0) is 0 Å². The fourth-order valence-corrected chi connectivity index (χ4v) is 2.04. The van der Waals surface area contributed by atoms with Crippen molar-refractivity contribution in [1.29, 1.82) is 0 Å². The lowest BCUT2D eigenvalue weighted by molar-refractivity contribution is -0.384. The quantitative estimate of drug-likeness (QED) is 0.438. The molecule has 1 heterocycles. The predicted octanol–water partition coefficient (Wildman–Crippen LogP) is 2.32.